The molecule has 14 nitrogen and oxygen atoms in total. The lowest BCUT2D eigenvalue weighted by Crippen LogP contribution is -2.50. The van der Waals surface area contributed by atoms with Gasteiger partial charge in [-0.1, -0.05) is 50.1 Å². The van der Waals surface area contributed by atoms with Crippen molar-refractivity contribution in [2.75, 3.05) is 55.7 Å². The van der Waals surface area contributed by atoms with Crippen molar-refractivity contribution in [3.05, 3.63) is 61.3 Å². The molecule has 274 valence electrons. The van der Waals surface area contributed by atoms with Crippen molar-refractivity contribution in [2.24, 2.45) is 5.11 Å². The molecule has 0 radical (unpaired) electrons. The molecule has 0 unspecified atom stereocenters. The third-order valence-corrected chi connectivity index (χ3v) is 10.6. The number of ether oxygens (including phenoxy) is 2. The number of nitrogens with one attached hydrogen (secondary N) is 1. The molecule has 16 heteroatoms. The van der Waals surface area contributed by atoms with Crippen molar-refractivity contribution < 1.29 is 38.1 Å². The maximum atomic E-state index is 15.3. The predicted molar refractivity (Wildman–Crippen MR) is 195 cm³/mol. The number of carbonyl (C=O) groups is 4. The van der Waals surface area contributed by atoms with Gasteiger partial charge in [0.05, 0.1) is 30.0 Å². The van der Waals surface area contributed by atoms with E-state index in [0.717, 1.165) is 38.5 Å². The van der Waals surface area contributed by atoms with Gasteiger partial charge in [0, 0.05) is 41.6 Å². The molecule has 2 heterocycles. The number of halogens is 2. The van der Waals surface area contributed by atoms with Crippen molar-refractivity contribution in [3.63, 3.8) is 0 Å². The van der Waals surface area contributed by atoms with E-state index in [1.807, 2.05) is 0 Å². The highest BCUT2D eigenvalue weighted by atomic mass is 127. The van der Waals surface area contributed by atoms with E-state index in [2.05, 4.69) is 37.9 Å². The van der Waals surface area contributed by atoms with Crippen LogP contribution in [0.3, 0.4) is 0 Å². The number of hydrogen-bond acceptors (Lipinski definition) is 9. The Bertz CT molecular complexity index is 1670. The molecule has 2 aromatic rings. The largest absolute Gasteiger partial charge is 0.507 e. The van der Waals surface area contributed by atoms with Crippen LogP contribution in [0.1, 0.15) is 80.6 Å². The maximum Gasteiger partial charge on any atom is 0.414 e. The quantitative estimate of drug-likeness (QED) is 0.0998. The number of carbonyl (C=O) groups excluding carboxylic acids is 4. The fourth-order valence-electron chi connectivity index (χ4n) is 6.94. The van der Waals surface area contributed by atoms with Gasteiger partial charge in [-0.05, 0) is 76.9 Å². The van der Waals surface area contributed by atoms with Gasteiger partial charge in [-0.3, -0.25) is 14.5 Å². The third kappa shape index (κ3) is 9.33. The van der Waals surface area contributed by atoms with Gasteiger partial charge in [-0.2, -0.15) is 0 Å². The number of azide groups is 1. The summed E-state index contributed by atoms with van der Waals surface area (Å²) in [6.07, 6.45) is 7.42. The van der Waals surface area contributed by atoms with Gasteiger partial charge in [-0.25, -0.2) is 14.0 Å². The number of piperazine rings is 1. The van der Waals surface area contributed by atoms with E-state index < -0.39 is 42.0 Å². The van der Waals surface area contributed by atoms with Crippen molar-refractivity contribution in [2.45, 2.75) is 76.4 Å². The summed E-state index contributed by atoms with van der Waals surface area (Å²) in [7, 11) is 0. The molecule has 1 atom stereocenters. The van der Waals surface area contributed by atoms with Crippen molar-refractivity contribution in [1.29, 1.82) is 0 Å². The summed E-state index contributed by atoms with van der Waals surface area (Å²) in [4.78, 5) is 57.4. The Morgan fingerprint density at radius 3 is 2.37 bits per heavy atom. The molecular formula is C35H43FIN7O7. The average molecular weight is 820 g/mol. The smallest absolute Gasteiger partial charge is 0.414 e. The van der Waals surface area contributed by atoms with E-state index >= 15 is 4.39 Å². The highest BCUT2D eigenvalue weighted by molar-refractivity contribution is 14.1. The molecule has 2 N–H and O–H groups in total. The van der Waals surface area contributed by atoms with Crippen LogP contribution < -0.4 is 15.1 Å². The molecule has 3 fully saturated rings. The molecule has 2 saturated heterocycles. The number of hydrogen-bond donors (Lipinski definition) is 2. The topological polar surface area (TPSA) is 177 Å². The second-order valence-electron chi connectivity index (χ2n) is 13.2. The van der Waals surface area contributed by atoms with Gasteiger partial charge in [0.25, 0.3) is 5.91 Å². The minimum atomic E-state index is -0.849. The molecule has 0 bridgehead atoms. The van der Waals surface area contributed by atoms with Gasteiger partial charge in [0.15, 0.2) is 6.61 Å². The number of amides is 3. The molecule has 5 rings (SSSR count). The van der Waals surface area contributed by atoms with Crippen LogP contribution in [0.25, 0.3) is 10.4 Å². The fourth-order valence-corrected chi connectivity index (χ4v) is 7.91. The predicted octanol–water partition coefficient (Wildman–Crippen LogP) is 6.13. The van der Waals surface area contributed by atoms with Gasteiger partial charge in [0.1, 0.15) is 23.2 Å². The maximum absolute atomic E-state index is 15.3. The van der Waals surface area contributed by atoms with Gasteiger partial charge >= 0.3 is 12.1 Å². The van der Waals surface area contributed by atoms with Crippen LogP contribution >= 0.6 is 22.6 Å². The summed E-state index contributed by atoms with van der Waals surface area (Å²) in [6.45, 7) is 2.35. The minimum absolute atomic E-state index is 0.0823. The first-order chi connectivity index (χ1) is 24.5. The summed E-state index contributed by atoms with van der Waals surface area (Å²) in [5.74, 6) is -2.36. The molecule has 3 amide bonds. The number of benzene rings is 2. The number of phenolic OH excluding ortho intramolecular Hbond substituents is 1. The van der Waals surface area contributed by atoms with Crippen LogP contribution in [-0.2, 0) is 24.6 Å². The molecule has 51 heavy (non-hydrogen) atoms. The summed E-state index contributed by atoms with van der Waals surface area (Å²) in [5, 5.41) is 17.8. The number of aromatic hydroxyl groups is 1. The molecule has 2 aromatic carbocycles. The summed E-state index contributed by atoms with van der Waals surface area (Å²) >= 11 is 2.09. The molecular weight excluding hydrogens is 776 g/mol. The first kappa shape index (κ1) is 37.9. The second-order valence-corrected chi connectivity index (χ2v) is 14.3. The van der Waals surface area contributed by atoms with Crippen molar-refractivity contribution >= 4 is 57.8 Å². The normalized spacial score (nSPS) is 19.5. The summed E-state index contributed by atoms with van der Waals surface area (Å²) in [5.41, 5.74) is 9.90. The highest BCUT2D eigenvalue weighted by Crippen LogP contribution is 2.42. The fraction of sp³-hybridized carbons (Fsp3) is 0.543. The number of esters is 1. The van der Waals surface area contributed by atoms with E-state index in [-0.39, 0.29) is 43.4 Å². The van der Waals surface area contributed by atoms with Gasteiger partial charge in [0.2, 0.25) is 5.91 Å². The molecule has 0 spiro atoms. The van der Waals surface area contributed by atoms with Crippen molar-refractivity contribution in [3.8, 4) is 5.75 Å². The first-order valence-electron chi connectivity index (χ1n) is 17.3. The first-order valence-corrected chi connectivity index (χ1v) is 18.4. The Morgan fingerprint density at radius 2 is 1.75 bits per heavy atom. The van der Waals surface area contributed by atoms with Crippen LogP contribution in [0.4, 0.5) is 20.6 Å². The number of rotatable bonds is 9. The van der Waals surface area contributed by atoms with Crippen LogP contribution in [0, 0.1) is 9.39 Å². The van der Waals surface area contributed by atoms with Crippen LogP contribution in [0.15, 0.2) is 35.4 Å². The lowest BCUT2D eigenvalue weighted by molar-refractivity contribution is -0.134. The van der Waals surface area contributed by atoms with E-state index in [1.54, 1.807) is 17.0 Å². The van der Waals surface area contributed by atoms with E-state index in [4.69, 9.17) is 9.47 Å². The summed E-state index contributed by atoms with van der Waals surface area (Å²) < 4.78 is 26.5. The van der Waals surface area contributed by atoms with Gasteiger partial charge in [-0.15, -0.1) is 0 Å². The minimum Gasteiger partial charge on any atom is -0.507 e. The molecule has 0 aromatic heterocycles. The lowest BCUT2D eigenvalue weighted by Gasteiger charge is -2.36. The Balaban J connectivity index is 1.15. The molecule has 2 aliphatic heterocycles. The number of phenols is 1. The molecule has 3 aliphatic rings. The van der Waals surface area contributed by atoms with Crippen molar-refractivity contribution in [1.82, 2.24) is 10.2 Å². The second kappa shape index (κ2) is 17.3. The van der Waals surface area contributed by atoms with Crippen LogP contribution in [0.5, 0.6) is 5.75 Å². The Hall–Kier alpha value is -4.31. The van der Waals surface area contributed by atoms with E-state index in [0.29, 0.717) is 46.4 Å². The lowest BCUT2D eigenvalue weighted by atomic mass is 9.80. The number of nitrogens with zero attached hydrogens (tertiary/aromatic N) is 6. The standard InChI is InChI=1S/C35H43FIN7O7/c1-23(45)39-20-25-21-44(34(49)51-25)24-9-10-30(28(36)17-24)42-13-15-43(16-14-42)32(47)22-50-33(48)26-18-29(37)27(19-31(26)46)35(40-41-38)11-7-5-3-2-4-6-8-12-35/h9-10,17-19,25,46H,2-8,11-16,20-22H2,1H3,(H,39,45)/t25-/m0/s1. The van der Waals surface area contributed by atoms with E-state index in [1.165, 1.54) is 41.3 Å². The number of anilines is 2. The zero-order valence-electron chi connectivity index (χ0n) is 28.6. The molecule has 1 saturated carbocycles. The zero-order valence-corrected chi connectivity index (χ0v) is 30.8. The SMILES string of the molecule is CC(=O)NC[C@H]1CN(c2ccc(N3CCN(C(=O)COC(=O)c4cc(I)c(C5(N=[N+]=[N-])CCCCCCCCC5)cc4O)CC3)c(F)c2)C(=O)O1. The zero-order chi connectivity index (χ0) is 36.5. The Kier molecular flexibility index (Phi) is 12.8. The average Bonchev–Trinajstić information content (AvgIpc) is 3.50. The van der Waals surface area contributed by atoms with Crippen LogP contribution in [-0.4, -0.2) is 85.9 Å². The van der Waals surface area contributed by atoms with Crippen LogP contribution in [0.2, 0.25) is 0 Å². The third-order valence-electron chi connectivity index (χ3n) is 9.72. The summed E-state index contributed by atoms with van der Waals surface area (Å²) in [6, 6.07) is 7.46. The monoisotopic (exact) mass is 819 g/mol. The number of cyclic esters (lactones) is 1. The Morgan fingerprint density at radius 1 is 1.08 bits per heavy atom. The molecule has 1 aliphatic carbocycles. The highest BCUT2D eigenvalue weighted by Gasteiger charge is 2.35. The van der Waals surface area contributed by atoms with E-state index in [9.17, 15) is 29.8 Å². The Labute approximate surface area is 309 Å². The van der Waals surface area contributed by atoms with Gasteiger partial charge < -0.3 is 29.7 Å².